The van der Waals surface area contributed by atoms with E-state index in [0.29, 0.717) is 42.1 Å². The number of nitrogens with zero attached hydrogens (tertiary/aromatic N) is 2. The van der Waals surface area contributed by atoms with Gasteiger partial charge in [0.2, 0.25) is 0 Å². The molecule has 4 rings (SSSR count). The Balaban J connectivity index is 1.62. The number of likely N-dealkylation sites (N-methyl/N-ethyl adjacent to an activating group) is 1. The summed E-state index contributed by atoms with van der Waals surface area (Å²) in [6.07, 6.45) is 9.13. The van der Waals surface area contributed by atoms with Gasteiger partial charge in [-0.05, 0) is 68.1 Å². The van der Waals surface area contributed by atoms with Gasteiger partial charge in [-0.3, -0.25) is 19.1 Å². The van der Waals surface area contributed by atoms with Crippen molar-refractivity contribution in [2.45, 2.75) is 25.8 Å². The molecule has 1 aromatic heterocycles. The van der Waals surface area contributed by atoms with Crippen LogP contribution in [0.5, 0.6) is 5.75 Å². The van der Waals surface area contributed by atoms with E-state index in [1.54, 1.807) is 29.0 Å². The van der Waals surface area contributed by atoms with Crippen LogP contribution >= 0.6 is 0 Å². The molecule has 1 saturated carbocycles. The van der Waals surface area contributed by atoms with E-state index in [-0.39, 0.29) is 17.5 Å². The fourth-order valence-electron chi connectivity index (χ4n) is 3.56. The van der Waals surface area contributed by atoms with Crippen molar-refractivity contribution in [1.82, 2.24) is 14.8 Å². The number of aromatic nitrogens is 1. The van der Waals surface area contributed by atoms with E-state index >= 15 is 0 Å². The molecule has 1 N–H and O–H groups in total. The molecule has 6 heteroatoms. The number of hydrogen-bond acceptors (Lipinski definition) is 4. The standard InChI is InChI=1S/C26H27N3O3/c1-4-12-28(3)14-15-32-22-10-7-19-11-13-29(26(31)23(19)17-22)24-16-20(6-5-18(24)2)25(30)27-21-8-9-21/h1,5-7,10-11,13,16-17,21H,8-9,12,14-15H2,2-3H3,(H,27,30). The van der Waals surface area contributed by atoms with Crippen molar-refractivity contribution in [3.05, 3.63) is 70.1 Å². The Kier molecular flexibility index (Phi) is 6.29. The topological polar surface area (TPSA) is 63.6 Å². The molecule has 164 valence electrons. The van der Waals surface area contributed by atoms with Gasteiger partial charge < -0.3 is 10.1 Å². The number of aryl methyl sites for hydroxylation is 1. The molecule has 1 aliphatic rings. The SMILES string of the molecule is C#CCN(C)CCOc1ccc2ccn(-c3cc(C(=O)NC4CC4)ccc3C)c(=O)c2c1. The number of benzene rings is 2. The first kappa shape index (κ1) is 21.7. The highest BCUT2D eigenvalue weighted by molar-refractivity contribution is 5.95. The maximum absolute atomic E-state index is 13.3. The Morgan fingerprint density at radius 1 is 1.25 bits per heavy atom. The van der Waals surface area contributed by atoms with Gasteiger partial charge in [-0.2, -0.15) is 0 Å². The van der Waals surface area contributed by atoms with Crippen LogP contribution in [0.15, 0.2) is 53.5 Å². The largest absolute Gasteiger partial charge is 0.492 e. The maximum Gasteiger partial charge on any atom is 0.263 e. The van der Waals surface area contributed by atoms with Gasteiger partial charge in [-0.25, -0.2) is 0 Å². The molecule has 0 unspecified atom stereocenters. The minimum atomic E-state index is -0.153. The molecule has 0 bridgehead atoms. The van der Waals surface area contributed by atoms with Crippen LogP contribution in [0.1, 0.15) is 28.8 Å². The van der Waals surface area contributed by atoms with Crippen molar-refractivity contribution < 1.29 is 9.53 Å². The van der Waals surface area contributed by atoms with Crippen molar-refractivity contribution in [1.29, 1.82) is 0 Å². The molecule has 1 aliphatic carbocycles. The summed E-state index contributed by atoms with van der Waals surface area (Å²) in [7, 11) is 1.93. The Morgan fingerprint density at radius 3 is 2.81 bits per heavy atom. The normalized spacial score (nSPS) is 13.2. The molecule has 0 radical (unpaired) electrons. The van der Waals surface area contributed by atoms with Gasteiger partial charge in [0.25, 0.3) is 11.5 Å². The monoisotopic (exact) mass is 429 g/mol. The lowest BCUT2D eigenvalue weighted by molar-refractivity contribution is 0.0951. The fourth-order valence-corrected chi connectivity index (χ4v) is 3.56. The first-order valence-electron chi connectivity index (χ1n) is 10.8. The van der Waals surface area contributed by atoms with E-state index < -0.39 is 0 Å². The van der Waals surface area contributed by atoms with Crippen molar-refractivity contribution in [2.24, 2.45) is 0 Å². The van der Waals surface area contributed by atoms with Crippen LogP contribution in [0, 0.1) is 19.3 Å². The van der Waals surface area contributed by atoms with Crippen LogP contribution in [0.2, 0.25) is 0 Å². The third kappa shape index (κ3) is 4.84. The molecule has 6 nitrogen and oxygen atoms in total. The smallest absolute Gasteiger partial charge is 0.263 e. The molecule has 2 aromatic carbocycles. The third-order valence-corrected chi connectivity index (χ3v) is 5.62. The number of rotatable bonds is 8. The van der Waals surface area contributed by atoms with Gasteiger partial charge >= 0.3 is 0 Å². The number of amides is 1. The zero-order chi connectivity index (χ0) is 22.7. The second-order valence-electron chi connectivity index (χ2n) is 8.28. The summed E-state index contributed by atoms with van der Waals surface area (Å²) in [6.45, 7) is 3.65. The summed E-state index contributed by atoms with van der Waals surface area (Å²) in [4.78, 5) is 27.8. The lowest BCUT2D eigenvalue weighted by atomic mass is 10.1. The molecule has 1 fully saturated rings. The molecule has 32 heavy (non-hydrogen) atoms. The molecule has 3 aromatic rings. The van der Waals surface area contributed by atoms with Crippen LogP contribution in [-0.2, 0) is 0 Å². The van der Waals surface area contributed by atoms with Crippen LogP contribution in [0.25, 0.3) is 16.5 Å². The summed E-state index contributed by atoms with van der Waals surface area (Å²) in [5.41, 5.74) is 2.01. The highest BCUT2D eigenvalue weighted by atomic mass is 16.5. The lowest BCUT2D eigenvalue weighted by Gasteiger charge is -2.15. The van der Waals surface area contributed by atoms with Crippen LogP contribution < -0.4 is 15.6 Å². The second kappa shape index (κ2) is 9.29. The minimum absolute atomic E-state index is 0.104. The van der Waals surface area contributed by atoms with Gasteiger partial charge in [-0.1, -0.05) is 18.1 Å². The quantitative estimate of drug-likeness (QED) is 0.559. The number of nitrogens with one attached hydrogen (secondary N) is 1. The third-order valence-electron chi connectivity index (χ3n) is 5.62. The van der Waals surface area contributed by atoms with Crippen LogP contribution in [0.4, 0.5) is 0 Å². The predicted molar refractivity (Wildman–Crippen MR) is 127 cm³/mol. The van der Waals surface area contributed by atoms with Crippen LogP contribution in [0.3, 0.4) is 0 Å². The summed E-state index contributed by atoms with van der Waals surface area (Å²) in [5, 5.41) is 4.40. The highest BCUT2D eigenvalue weighted by Gasteiger charge is 2.24. The number of pyridine rings is 1. The van der Waals surface area contributed by atoms with E-state index in [4.69, 9.17) is 11.2 Å². The number of hydrogen-bond donors (Lipinski definition) is 1. The van der Waals surface area contributed by atoms with Gasteiger partial charge in [0.15, 0.2) is 0 Å². The van der Waals surface area contributed by atoms with E-state index in [1.165, 1.54) is 0 Å². The fraction of sp³-hybridized carbons (Fsp3) is 0.308. The zero-order valence-corrected chi connectivity index (χ0v) is 18.4. The van der Waals surface area contributed by atoms with Gasteiger partial charge in [0.1, 0.15) is 12.4 Å². The molecule has 0 aliphatic heterocycles. The average molecular weight is 430 g/mol. The highest BCUT2D eigenvalue weighted by Crippen LogP contribution is 2.22. The molecule has 1 amide bonds. The number of terminal acetylenes is 1. The molecular weight excluding hydrogens is 402 g/mol. The van der Waals surface area contributed by atoms with E-state index in [2.05, 4.69) is 11.2 Å². The lowest BCUT2D eigenvalue weighted by Crippen LogP contribution is -2.26. The second-order valence-corrected chi connectivity index (χ2v) is 8.28. The molecule has 1 heterocycles. The molecule has 0 spiro atoms. The summed E-state index contributed by atoms with van der Waals surface area (Å²) < 4.78 is 7.43. The summed E-state index contributed by atoms with van der Waals surface area (Å²) in [5.74, 6) is 3.13. The van der Waals surface area contributed by atoms with Crippen LogP contribution in [-0.4, -0.2) is 48.2 Å². The summed E-state index contributed by atoms with van der Waals surface area (Å²) in [6, 6.07) is 13.1. The van der Waals surface area contributed by atoms with Gasteiger partial charge in [-0.15, -0.1) is 6.42 Å². The van der Waals surface area contributed by atoms with Crippen molar-refractivity contribution in [3.8, 4) is 23.8 Å². The average Bonchev–Trinajstić information content (AvgIpc) is 3.59. The van der Waals surface area contributed by atoms with E-state index in [9.17, 15) is 9.59 Å². The Bertz CT molecular complexity index is 1250. The Labute approximate surface area is 187 Å². The predicted octanol–water partition coefficient (Wildman–Crippen LogP) is 3.14. The number of fused-ring (bicyclic) bond motifs is 1. The van der Waals surface area contributed by atoms with Crippen molar-refractivity contribution >= 4 is 16.7 Å². The Morgan fingerprint density at radius 2 is 2.06 bits per heavy atom. The summed E-state index contributed by atoms with van der Waals surface area (Å²) >= 11 is 0. The van der Waals surface area contributed by atoms with Gasteiger partial charge in [0.05, 0.1) is 17.6 Å². The minimum Gasteiger partial charge on any atom is -0.492 e. The Hall–Kier alpha value is -3.56. The number of carbonyl (C=O) groups excluding carboxylic acids is 1. The molecule has 0 saturated heterocycles. The van der Waals surface area contributed by atoms with E-state index in [1.807, 2.05) is 43.1 Å². The first-order chi connectivity index (χ1) is 15.5. The van der Waals surface area contributed by atoms with Gasteiger partial charge in [0, 0.05) is 24.3 Å². The van der Waals surface area contributed by atoms with E-state index in [0.717, 1.165) is 23.8 Å². The molecule has 0 atom stereocenters. The first-order valence-corrected chi connectivity index (χ1v) is 10.8. The number of ether oxygens (including phenoxy) is 1. The maximum atomic E-state index is 13.3. The zero-order valence-electron chi connectivity index (χ0n) is 18.4. The van der Waals surface area contributed by atoms with Crippen molar-refractivity contribution in [3.63, 3.8) is 0 Å². The van der Waals surface area contributed by atoms with Crippen molar-refractivity contribution in [2.75, 3.05) is 26.7 Å². The number of carbonyl (C=O) groups is 1. The molecular formula is C26H27N3O3.